The van der Waals surface area contributed by atoms with Crippen molar-refractivity contribution in [2.45, 2.75) is 30.0 Å². The third-order valence-electron chi connectivity index (χ3n) is 4.30. The van der Waals surface area contributed by atoms with E-state index >= 15 is 0 Å². The van der Waals surface area contributed by atoms with Crippen LogP contribution in [-0.2, 0) is 11.3 Å². The summed E-state index contributed by atoms with van der Waals surface area (Å²) in [6.07, 6.45) is 0.871. The van der Waals surface area contributed by atoms with Crippen LogP contribution in [0.15, 0.2) is 41.3 Å². The number of carbonyl (C=O) groups is 1. The molecule has 0 spiro atoms. The zero-order chi connectivity index (χ0) is 18.6. The van der Waals surface area contributed by atoms with Crippen molar-refractivity contribution in [3.63, 3.8) is 0 Å². The van der Waals surface area contributed by atoms with Crippen LogP contribution in [0.5, 0.6) is 23.0 Å². The van der Waals surface area contributed by atoms with Crippen LogP contribution in [0.4, 0.5) is 0 Å². The Kier molecular flexibility index (Phi) is 5.29. The first kappa shape index (κ1) is 17.9. The summed E-state index contributed by atoms with van der Waals surface area (Å²) < 4.78 is 22.0. The van der Waals surface area contributed by atoms with E-state index in [-0.39, 0.29) is 18.0 Å². The molecule has 2 aromatic rings. The van der Waals surface area contributed by atoms with Crippen LogP contribution in [0, 0.1) is 0 Å². The van der Waals surface area contributed by atoms with E-state index in [4.69, 9.17) is 18.9 Å². The highest BCUT2D eigenvalue weighted by atomic mass is 32.2. The van der Waals surface area contributed by atoms with Gasteiger partial charge in [0.25, 0.3) is 0 Å². The number of benzene rings is 2. The highest BCUT2D eigenvalue weighted by Gasteiger charge is 2.18. The second-order valence-corrected chi connectivity index (χ2v) is 7.74. The summed E-state index contributed by atoms with van der Waals surface area (Å²) in [6, 6.07) is 11.5. The van der Waals surface area contributed by atoms with Gasteiger partial charge >= 0.3 is 0 Å². The van der Waals surface area contributed by atoms with Gasteiger partial charge in [0.05, 0.1) is 18.5 Å². The van der Waals surface area contributed by atoms with Gasteiger partial charge in [-0.1, -0.05) is 6.07 Å². The molecule has 0 aromatic heterocycles. The number of nitrogens with one attached hydrogen (secondary N) is 1. The van der Waals surface area contributed by atoms with E-state index < -0.39 is 0 Å². The highest BCUT2D eigenvalue weighted by Crippen LogP contribution is 2.35. The number of hydrogen-bond acceptors (Lipinski definition) is 6. The first-order valence-corrected chi connectivity index (χ1v) is 9.79. The van der Waals surface area contributed by atoms with Crippen molar-refractivity contribution in [3.8, 4) is 23.0 Å². The number of carbonyl (C=O) groups excluding carboxylic acids is 1. The monoisotopic (exact) mass is 387 g/mol. The van der Waals surface area contributed by atoms with Crippen molar-refractivity contribution in [3.05, 3.63) is 42.0 Å². The Hall–Kier alpha value is -2.54. The van der Waals surface area contributed by atoms with Crippen LogP contribution in [0.2, 0.25) is 0 Å². The van der Waals surface area contributed by atoms with Crippen molar-refractivity contribution in [2.24, 2.45) is 0 Å². The zero-order valence-electron chi connectivity index (χ0n) is 15.0. The average Bonchev–Trinajstić information content (AvgIpc) is 3.02. The summed E-state index contributed by atoms with van der Waals surface area (Å²) in [4.78, 5) is 13.4. The lowest BCUT2D eigenvalue weighted by Crippen LogP contribution is -2.30. The average molecular weight is 387 g/mol. The van der Waals surface area contributed by atoms with Gasteiger partial charge in [0.1, 0.15) is 0 Å². The fourth-order valence-electron chi connectivity index (χ4n) is 2.86. The van der Waals surface area contributed by atoms with Gasteiger partial charge in [-0.3, -0.25) is 4.79 Å². The summed E-state index contributed by atoms with van der Waals surface area (Å²) in [6.45, 7) is 3.89. The lowest BCUT2D eigenvalue weighted by Gasteiger charge is -2.14. The number of hydrogen-bond donors (Lipinski definition) is 1. The van der Waals surface area contributed by atoms with Crippen molar-refractivity contribution >= 4 is 17.7 Å². The molecule has 0 saturated heterocycles. The maximum atomic E-state index is 12.5. The van der Waals surface area contributed by atoms with Crippen molar-refractivity contribution in [1.82, 2.24) is 5.32 Å². The second kappa shape index (κ2) is 8.00. The fraction of sp³-hybridized carbons (Fsp3) is 0.350. The third kappa shape index (κ3) is 4.24. The maximum absolute atomic E-state index is 12.5. The lowest BCUT2D eigenvalue weighted by molar-refractivity contribution is -0.120. The zero-order valence-corrected chi connectivity index (χ0v) is 15.8. The smallest absolute Gasteiger partial charge is 0.233 e. The molecule has 0 aliphatic carbocycles. The fourth-order valence-corrected chi connectivity index (χ4v) is 3.78. The van der Waals surface area contributed by atoms with Crippen molar-refractivity contribution in [1.29, 1.82) is 0 Å². The van der Waals surface area contributed by atoms with E-state index in [1.165, 1.54) is 11.8 Å². The molecule has 1 atom stereocenters. The molecule has 7 heteroatoms. The summed E-state index contributed by atoms with van der Waals surface area (Å²) in [7, 11) is 0. The molecule has 2 aromatic carbocycles. The minimum atomic E-state index is -0.233. The summed E-state index contributed by atoms with van der Waals surface area (Å²) in [5.41, 5.74) is 0.973. The largest absolute Gasteiger partial charge is 0.490 e. The van der Waals surface area contributed by atoms with Gasteiger partial charge in [-0.25, -0.2) is 0 Å². The van der Waals surface area contributed by atoms with Gasteiger partial charge in [0, 0.05) is 17.9 Å². The molecule has 0 radical (unpaired) electrons. The number of ether oxygens (including phenoxy) is 4. The topological polar surface area (TPSA) is 66.0 Å². The molecule has 4 rings (SSSR count). The number of fused-ring (bicyclic) bond motifs is 2. The van der Waals surface area contributed by atoms with E-state index in [0.29, 0.717) is 19.8 Å². The molecule has 2 heterocycles. The van der Waals surface area contributed by atoms with Gasteiger partial charge in [-0.2, -0.15) is 0 Å². The molecular formula is C20H21NO5S. The first-order valence-electron chi connectivity index (χ1n) is 8.91. The summed E-state index contributed by atoms with van der Waals surface area (Å²) >= 11 is 1.49. The second-order valence-electron chi connectivity index (χ2n) is 6.32. The van der Waals surface area contributed by atoms with E-state index in [1.54, 1.807) is 0 Å². The first-order chi connectivity index (χ1) is 13.2. The van der Waals surface area contributed by atoms with Crippen LogP contribution in [-0.4, -0.2) is 31.2 Å². The minimum Gasteiger partial charge on any atom is -0.490 e. The van der Waals surface area contributed by atoms with Crippen LogP contribution in [0.1, 0.15) is 18.9 Å². The molecule has 0 fully saturated rings. The molecule has 0 bridgehead atoms. The van der Waals surface area contributed by atoms with Crippen molar-refractivity contribution < 1.29 is 23.7 Å². The van der Waals surface area contributed by atoms with Crippen LogP contribution in [0.25, 0.3) is 0 Å². The quantitative estimate of drug-likeness (QED) is 0.794. The Labute approximate surface area is 162 Å². The lowest BCUT2D eigenvalue weighted by atomic mass is 10.2. The Morgan fingerprint density at radius 3 is 2.59 bits per heavy atom. The van der Waals surface area contributed by atoms with E-state index in [9.17, 15) is 4.79 Å². The molecular weight excluding hydrogens is 366 g/mol. The predicted molar refractivity (Wildman–Crippen MR) is 102 cm³/mol. The number of amides is 1. The summed E-state index contributed by atoms with van der Waals surface area (Å²) in [5.74, 6) is 2.94. The molecule has 2 aliphatic heterocycles. The standard InChI is InChI=1S/C20H21NO5S/c1-13(27-15-4-6-16-19(10-15)24-8-2-7-23-16)20(22)21-11-14-3-5-17-18(9-14)26-12-25-17/h3-6,9-10,13H,2,7-8,11-12H2,1H3,(H,21,22)/t13-/m1/s1. The van der Waals surface area contributed by atoms with Crippen LogP contribution >= 0.6 is 11.8 Å². The van der Waals surface area contributed by atoms with E-state index in [1.807, 2.05) is 43.3 Å². The molecule has 142 valence electrons. The Bertz CT molecular complexity index is 841. The number of thioether (sulfide) groups is 1. The van der Waals surface area contributed by atoms with E-state index in [0.717, 1.165) is 39.9 Å². The van der Waals surface area contributed by atoms with Gasteiger partial charge in [-0.05, 0) is 42.8 Å². The Morgan fingerprint density at radius 2 is 1.70 bits per heavy atom. The van der Waals surface area contributed by atoms with Gasteiger partial charge in [0.15, 0.2) is 23.0 Å². The normalized spacial score (nSPS) is 15.7. The van der Waals surface area contributed by atoms with Gasteiger partial charge < -0.3 is 24.3 Å². The molecule has 2 aliphatic rings. The molecule has 1 amide bonds. The van der Waals surface area contributed by atoms with Crippen molar-refractivity contribution in [2.75, 3.05) is 20.0 Å². The predicted octanol–water partition coefficient (Wildman–Crippen LogP) is 3.37. The molecule has 6 nitrogen and oxygen atoms in total. The Morgan fingerprint density at radius 1 is 1.00 bits per heavy atom. The minimum absolute atomic E-state index is 0.0234. The maximum Gasteiger partial charge on any atom is 0.233 e. The molecule has 0 saturated carbocycles. The van der Waals surface area contributed by atoms with E-state index in [2.05, 4.69) is 5.32 Å². The summed E-state index contributed by atoms with van der Waals surface area (Å²) in [5, 5.41) is 2.74. The van der Waals surface area contributed by atoms with Gasteiger partial charge in [-0.15, -0.1) is 11.8 Å². The SMILES string of the molecule is C[C@@H](Sc1ccc2c(c1)OCCCO2)C(=O)NCc1ccc2c(c1)OCO2. The highest BCUT2D eigenvalue weighted by molar-refractivity contribution is 8.00. The molecule has 27 heavy (non-hydrogen) atoms. The Balaban J connectivity index is 1.33. The molecule has 0 unspecified atom stereocenters. The molecule has 1 N–H and O–H groups in total. The number of rotatable bonds is 5. The third-order valence-corrected chi connectivity index (χ3v) is 5.40. The van der Waals surface area contributed by atoms with Gasteiger partial charge in [0.2, 0.25) is 12.7 Å². The van der Waals surface area contributed by atoms with Crippen LogP contribution in [0.3, 0.4) is 0 Å². The van der Waals surface area contributed by atoms with Crippen LogP contribution < -0.4 is 24.3 Å².